The summed E-state index contributed by atoms with van der Waals surface area (Å²) < 4.78 is 43.7. The van der Waals surface area contributed by atoms with Gasteiger partial charge in [0.25, 0.3) is 5.69 Å². The summed E-state index contributed by atoms with van der Waals surface area (Å²) >= 11 is 0. The first-order chi connectivity index (χ1) is 10.7. The van der Waals surface area contributed by atoms with Crippen LogP contribution in [0.4, 0.5) is 18.9 Å². The predicted octanol–water partition coefficient (Wildman–Crippen LogP) is 2.63. The highest BCUT2D eigenvalue weighted by molar-refractivity contribution is 5.95. The van der Waals surface area contributed by atoms with Gasteiger partial charge in [0.15, 0.2) is 0 Å². The van der Waals surface area contributed by atoms with Crippen molar-refractivity contribution in [3.8, 4) is 0 Å². The molecule has 0 aliphatic heterocycles. The van der Waals surface area contributed by atoms with Gasteiger partial charge in [-0.1, -0.05) is 0 Å². The molecule has 0 fully saturated rings. The normalized spacial score (nSPS) is 11.5. The number of halogens is 3. The maximum atomic E-state index is 13.0. The van der Waals surface area contributed by atoms with E-state index in [9.17, 15) is 32.9 Å². The molecular formula is C13H9F3N2O5. The number of nitro benzene ring substituents is 1. The Balaban J connectivity index is 2.86. The number of hydrogen-bond acceptors (Lipinski definition) is 5. The van der Waals surface area contributed by atoms with E-state index in [2.05, 4.69) is 9.72 Å². The van der Waals surface area contributed by atoms with Crippen LogP contribution in [-0.2, 0) is 10.9 Å². The molecule has 0 saturated heterocycles. The molecule has 1 aromatic heterocycles. The van der Waals surface area contributed by atoms with Crippen LogP contribution >= 0.6 is 0 Å². The number of fused-ring (bicyclic) bond motifs is 1. The molecule has 2 rings (SSSR count). The molecule has 0 atom stereocenters. The Hall–Kier alpha value is -2.91. The Morgan fingerprint density at radius 2 is 2.04 bits per heavy atom. The third-order valence-corrected chi connectivity index (χ3v) is 2.98. The number of hydrogen-bond donors (Lipinski definition) is 1. The van der Waals surface area contributed by atoms with Crippen LogP contribution in [0.5, 0.6) is 0 Å². The molecule has 23 heavy (non-hydrogen) atoms. The van der Waals surface area contributed by atoms with Crippen molar-refractivity contribution in [2.45, 2.75) is 13.1 Å². The summed E-state index contributed by atoms with van der Waals surface area (Å²) in [6.45, 7) is 1.44. The maximum Gasteiger partial charge on any atom is 0.418 e. The zero-order valence-corrected chi connectivity index (χ0v) is 11.6. The molecule has 2 aromatic rings. The first kappa shape index (κ1) is 16.5. The number of alkyl halides is 3. The fraction of sp³-hybridized carbons (Fsp3) is 0.231. The van der Waals surface area contributed by atoms with Gasteiger partial charge in [0.1, 0.15) is 5.56 Å². The molecule has 0 aliphatic rings. The molecule has 0 saturated carbocycles. The van der Waals surface area contributed by atoms with Crippen LogP contribution in [0.3, 0.4) is 0 Å². The van der Waals surface area contributed by atoms with Crippen LogP contribution in [0, 0.1) is 10.1 Å². The van der Waals surface area contributed by atoms with E-state index < -0.39 is 50.2 Å². The van der Waals surface area contributed by atoms with Crippen LogP contribution in [0.2, 0.25) is 0 Å². The number of H-pyrrole nitrogens is 1. The minimum absolute atomic E-state index is 0.0426. The highest BCUT2D eigenvalue weighted by atomic mass is 19.4. The predicted molar refractivity (Wildman–Crippen MR) is 72.2 cm³/mol. The maximum absolute atomic E-state index is 13.0. The Labute approximate surface area is 125 Å². The van der Waals surface area contributed by atoms with Crippen molar-refractivity contribution in [2.75, 3.05) is 6.61 Å². The molecule has 1 aromatic carbocycles. The molecule has 0 spiro atoms. The largest absolute Gasteiger partial charge is 0.462 e. The summed E-state index contributed by atoms with van der Waals surface area (Å²) in [5, 5.41) is 10.2. The van der Waals surface area contributed by atoms with E-state index in [4.69, 9.17) is 0 Å². The molecule has 0 bridgehead atoms. The van der Waals surface area contributed by atoms with Crippen molar-refractivity contribution in [3.05, 3.63) is 49.8 Å². The zero-order chi connectivity index (χ0) is 17.4. The number of aromatic amines is 1. The van der Waals surface area contributed by atoms with Gasteiger partial charge in [-0.3, -0.25) is 14.9 Å². The molecule has 10 heteroatoms. The number of carbonyl (C=O) groups is 1. The SMILES string of the molecule is CCOC(=O)c1c[nH]c2c(C(F)(F)F)cc([N+](=O)[O-])cc2c1=O. The smallest absolute Gasteiger partial charge is 0.418 e. The molecule has 0 aliphatic carbocycles. The highest BCUT2D eigenvalue weighted by Gasteiger charge is 2.36. The number of ether oxygens (including phenoxy) is 1. The topological polar surface area (TPSA) is 102 Å². The Kier molecular flexibility index (Phi) is 4.08. The summed E-state index contributed by atoms with van der Waals surface area (Å²) in [5.41, 5.74) is -4.52. The molecule has 122 valence electrons. The molecular weight excluding hydrogens is 321 g/mol. The number of non-ortho nitro benzene ring substituents is 1. The van der Waals surface area contributed by atoms with E-state index in [1.54, 1.807) is 0 Å². The van der Waals surface area contributed by atoms with E-state index in [1.807, 2.05) is 0 Å². The number of esters is 1. The van der Waals surface area contributed by atoms with Gasteiger partial charge >= 0.3 is 12.1 Å². The molecule has 1 N–H and O–H groups in total. The van der Waals surface area contributed by atoms with E-state index >= 15 is 0 Å². The van der Waals surface area contributed by atoms with Gasteiger partial charge in [0, 0.05) is 18.3 Å². The van der Waals surface area contributed by atoms with E-state index in [-0.39, 0.29) is 6.61 Å². The number of pyridine rings is 1. The number of benzene rings is 1. The number of nitrogens with zero attached hydrogens (tertiary/aromatic N) is 1. The number of rotatable bonds is 3. The average Bonchev–Trinajstić information content (AvgIpc) is 2.45. The fourth-order valence-corrected chi connectivity index (χ4v) is 2.01. The van der Waals surface area contributed by atoms with Crippen LogP contribution in [0.15, 0.2) is 23.1 Å². The lowest BCUT2D eigenvalue weighted by molar-refractivity contribution is -0.385. The fourth-order valence-electron chi connectivity index (χ4n) is 2.01. The van der Waals surface area contributed by atoms with Gasteiger partial charge in [-0.05, 0) is 6.92 Å². The lowest BCUT2D eigenvalue weighted by Crippen LogP contribution is -2.19. The van der Waals surface area contributed by atoms with Crippen LogP contribution < -0.4 is 5.43 Å². The van der Waals surface area contributed by atoms with Crippen molar-refractivity contribution < 1.29 is 27.6 Å². The van der Waals surface area contributed by atoms with E-state index in [0.717, 1.165) is 6.20 Å². The average molecular weight is 330 g/mol. The molecule has 0 amide bonds. The van der Waals surface area contributed by atoms with Gasteiger partial charge in [-0.2, -0.15) is 13.2 Å². The van der Waals surface area contributed by atoms with Crippen molar-refractivity contribution >= 4 is 22.6 Å². The number of aromatic nitrogens is 1. The number of nitro groups is 1. The monoisotopic (exact) mass is 330 g/mol. The molecule has 0 radical (unpaired) electrons. The first-order valence-corrected chi connectivity index (χ1v) is 6.25. The van der Waals surface area contributed by atoms with Crippen molar-refractivity contribution in [3.63, 3.8) is 0 Å². The van der Waals surface area contributed by atoms with Crippen molar-refractivity contribution in [1.82, 2.24) is 4.98 Å². The van der Waals surface area contributed by atoms with Crippen molar-refractivity contribution in [1.29, 1.82) is 0 Å². The summed E-state index contributed by atoms with van der Waals surface area (Å²) in [6.07, 6.45) is -4.12. The van der Waals surface area contributed by atoms with E-state index in [1.165, 1.54) is 6.92 Å². The Bertz CT molecular complexity index is 857. The van der Waals surface area contributed by atoms with Crippen LogP contribution in [0.1, 0.15) is 22.8 Å². The van der Waals surface area contributed by atoms with Gasteiger partial charge in [-0.25, -0.2) is 4.79 Å². The third-order valence-electron chi connectivity index (χ3n) is 2.98. The lowest BCUT2D eigenvalue weighted by Gasteiger charge is -2.11. The van der Waals surface area contributed by atoms with Gasteiger partial charge in [-0.15, -0.1) is 0 Å². The number of nitrogens with one attached hydrogen (secondary N) is 1. The quantitative estimate of drug-likeness (QED) is 0.529. The van der Waals surface area contributed by atoms with Gasteiger partial charge in [0.2, 0.25) is 5.43 Å². The molecule has 0 unspecified atom stereocenters. The number of carbonyl (C=O) groups excluding carboxylic acids is 1. The lowest BCUT2D eigenvalue weighted by atomic mass is 10.1. The third kappa shape index (κ3) is 3.00. The molecule has 1 heterocycles. The molecule has 7 nitrogen and oxygen atoms in total. The zero-order valence-electron chi connectivity index (χ0n) is 11.6. The summed E-state index contributed by atoms with van der Waals surface area (Å²) in [5.74, 6) is -1.03. The second-order valence-electron chi connectivity index (χ2n) is 4.42. The van der Waals surface area contributed by atoms with Gasteiger partial charge in [0.05, 0.1) is 28.0 Å². The van der Waals surface area contributed by atoms with Crippen LogP contribution in [0.25, 0.3) is 10.9 Å². The summed E-state index contributed by atoms with van der Waals surface area (Å²) in [6, 6.07) is 1.01. The van der Waals surface area contributed by atoms with Crippen LogP contribution in [-0.4, -0.2) is 22.5 Å². The van der Waals surface area contributed by atoms with Crippen molar-refractivity contribution in [2.24, 2.45) is 0 Å². The second kappa shape index (κ2) is 5.71. The van der Waals surface area contributed by atoms with E-state index in [0.29, 0.717) is 12.1 Å². The second-order valence-corrected chi connectivity index (χ2v) is 4.42. The first-order valence-electron chi connectivity index (χ1n) is 6.25. The summed E-state index contributed by atoms with van der Waals surface area (Å²) in [7, 11) is 0. The minimum Gasteiger partial charge on any atom is -0.462 e. The Morgan fingerprint density at radius 3 is 2.57 bits per heavy atom. The highest BCUT2D eigenvalue weighted by Crippen LogP contribution is 2.35. The minimum atomic E-state index is -4.92. The van der Waals surface area contributed by atoms with Gasteiger partial charge < -0.3 is 9.72 Å². The summed E-state index contributed by atoms with van der Waals surface area (Å²) in [4.78, 5) is 35.7. The standard InChI is InChI=1S/C13H9F3N2O5/c1-2-23-12(20)8-5-17-10-7(11(8)19)3-6(18(21)22)4-9(10)13(14,15)16/h3-5H,2H2,1H3,(H,17,19). The Morgan fingerprint density at radius 1 is 1.39 bits per heavy atom.